The monoisotopic (exact) mass is 389 g/mol. The number of rotatable bonds is 5. The Morgan fingerprint density at radius 3 is 2.28 bits per heavy atom. The van der Waals surface area contributed by atoms with Crippen molar-refractivity contribution in [2.75, 3.05) is 0 Å². The second-order valence-corrected chi connectivity index (χ2v) is 8.19. The zero-order valence-corrected chi connectivity index (χ0v) is 15.6. The van der Waals surface area contributed by atoms with Gasteiger partial charge in [-0.05, 0) is 0 Å². The first-order valence-electron chi connectivity index (χ1n) is 8.48. The van der Waals surface area contributed by atoms with E-state index >= 15 is 0 Å². The summed E-state index contributed by atoms with van der Waals surface area (Å²) in [5.74, 6) is 0.406. The molecule has 2 heteroatoms. The molecule has 4 rings (SSSR count). The van der Waals surface area contributed by atoms with Crippen LogP contribution in [0.2, 0.25) is 5.32 Å². The van der Waals surface area contributed by atoms with Crippen molar-refractivity contribution in [3.63, 3.8) is 0 Å². The minimum atomic E-state index is 0.350. The summed E-state index contributed by atoms with van der Waals surface area (Å²) in [6.45, 7) is 0. The van der Waals surface area contributed by atoms with Gasteiger partial charge in [0.15, 0.2) is 0 Å². The number of pyridine rings is 1. The average Bonchev–Trinajstić information content (AvgIpc) is 2.92. The molecule has 0 spiro atoms. The van der Waals surface area contributed by atoms with E-state index in [1.165, 1.54) is 26.8 Å². The molecule has 0 aliphatic heterocycles. The summed E-state index contributed by atoms with van der Waals surface area (Å²) in [6, 6.07) is 32.4. The van der Waals surface area contributed by atoms with Crippen LogP contribution in [0.3, 0.4) is 0 Å². The summed E-state index contributed by atoms with van der Waals surface area (Å²) in [5, 5.41) is 1.12. The van der Waals surface area contributed by atoms with Crippen molar-refractivity contribution in [3.8, 4) is 11.1 Å². The average molecular weight is 388 g/mol. The number of nitrogens with zero attached hydrogens (tertiary/aromatic N) is 1. The van der Waals surface area contributed by atoms with Crippen molar-refractivity contribution in [2.24, 2.45) is 0 Å². The molecule has 0 unspecified atom stereocenters. The third-order valence-corrected chi connectivity index (χ3v) is 6.61. The van der Waals surface area contributed by atoms with Crippen LogP contribution in [0.15, 0.2) is 97.2 Å². The summed E-state index contributed by atoms with van der Waals surface area (Å²) >= 11 is 0.350. The molecule has 0 saturated carbocycles. The van der Waals surface area contributed by atoms with Gasteiger partial charge in [0.1, 0.15) is 0 Å². The molecular formula is C23H19NSe. The molecule has 2 aliphatic carbocycles. The van der Waals surface area contributed by atoms with Gasteiger partial charge in [-0.1, -0.05) is 0 Å². The van der Waals surface area contributed by atoms with E-state index in [2.05, 4.69) is 89.9 Å². The fraction of sp³-hybridized carbons (Fsp3) is 0.0870. The van der Waals surface area contributed by atoms with Crippen LogP contribution in [0, 0.1) is 0 Å². The summed E-state index contributed by atoms with van der Waals surface area (Å²) < 4.78 is 1.22. The Bertz CT molecular complexity index is 905. The van der Waals surface area contributed by atoms with Crippen LogP contribution >= 0.6 is 0 Å². The van der Waals surface area contributed by atoms with E-state index in [0.717, 1.165) is 5.32 Å². The molecule has 0 N–H and O–H groups in total. The summed E-state index contributed by atoms with van der Waals surface area (Å²) in [5.41, 5.74) is 5.48. The molecule has 1 aromatic heterocycles. The first kappa shape index (κ1) is 16.1. The van der Waals surface area contributed by atoms with Crippen LogP contribution in [0.4, 0.5) is 0 Å². The Balaban J connectivity index is 1.70. The molecular weight excluding hydrogens is 369 g/mol. The number of hydrogen-bond donors (Lipinski definition) is 0. The predicted molar refractivity (Wildman–Crippen MR) is 106 cm³/mol. The normalized spacial score (nSPS) is 12.2. The third-order valence-electron chi connectivity index (χ3n) is 4.44. The van der Waals surface area contributed by atoms with Crippen molar-refractivity contribution < 1.29 is 0 Å². The summed E-state index contributed by atoms with van der Waals surface area (Å²) in [6.07, 6.45) is 1.90. The Labute approximate surface area is 155 Å². The van der Waals surface area contributed by atoms with E-state index in [-0.39, 0.29) is 0 Å². The van der Waals surface area contributed by atoms with Gasteiger partial charge in [-0.15, -0.1) is 0 Å². The van der Waals surface area contributed by atoms with Gasteiger partial charge in [0, 0.05) is 0 Å². The molecule has 1 heterocycles. The Morgan fingerprint density at radius 1 is 0.720 bits per heavy atom. The predicted octanol–water partition coefficient (Wildman–Crippen LogP) is 4.77. The molecule has 122 valence electrons. The summed E-state index contributed by atoms with van der Waals surface area (Å²) in [7, 11) is 0. The second kappa shape index (κ2) is 7.65. The molecule has 0 bridgehead atoms. The van der Waals surface area contributed by atoms with E-state index < -0.39 is 0 Å². The van der Waals surface area contributed by atoms with Gasteiger partial charge in [0.2, 0.25) is 0 Å². The van der Waals surface area contributed by atoms with Crippen molar-refractivity contribution in [1.82, 2.24) is 4.98 Å². The number of fused-ring (bicyclic) bond motifs is 1. The molecule has 0 fully saturated rings. The standard InChI is InChI=1S/C23H19NSe/c1-3-9-18(10-4-1)22(17-25-23-13-7-8-16-24-23)21-15-14-19-11-5-2-6-12-20(19)21/h1-16,22H,17H2/t22-/m0/s1. The number of hydrogen-bond acceptors (Lipinski definition) is 1. The molecule has 1 atom stereocenters. The molecule has 0 amide bonds. The Kier molecular flexibility index (Phi) is 4.92. The van der Waals surface area contributed by atoms with Crippen molar-refractivity contribution in [1.29, 1.82) is 0 Å². The zero-order valence-electron chi connectivity index (χ0n) is 13.9. The zero-order chi connectivity index (χ0) is 16.9. The van der Waals surface area contributed by atoms with Crippen molar-refractivity contribution >= 4 is 19.5 Å². The van der Waals surface area contributed by atoms with Crippen LogP contribution in [-0.2, 0) is 0 Å². The van der Waals surface area contributed by atoms with Gasteiger partial charge in [-0.25, -0.2) is 0 Å². The topological polar surface area (TPSA) is 12.9 Å². The number of aromatic nitrogens is 1. The van der Waals surface area contributed by atoms with E-state index in [4.69, 9.17) is 0 Å². The number of benzene rings is 1. The van der Waals surface area contributed by atoms with Gasteiger partial charge in [0.25, 0.3) is 0 Å². The van der Waals surface area contributed by atoms with Crippen LogP contribution in [0.1, 0.15) is 17.0 Å². The molecule has 2 aromatic rings. The van der Waals surface area contributed by atoms with Gasteiger partial charge in [0.05, 0.1) is 0 Å². The van der Waals surface area contributed by atoms with Crippen LogP contribution in [0.5, 0.6) is 0 Å². The SMILES string of the molecule is c1ccc([C@H](C[Se]c2ccccn2)c2ccc3cccccc2-3)cc1. The van der Waals surface area contributed by atoms with Crippen LogP contribution < -0.4 is 4.59 Å². The molecule has 0 saturated heterocycles. The molecule has 1 nitrogen and oxygen atoms in total. The maximum atomic E-state index is 4.53. The summed E-state index contributed by atoms with van der Waals surface area (Å²) in [4.78, 5) is 4.53. The van der Waals surface area contributed by atoms with Crippen LogP contribution in [-0.4, -0.2) is 19.9 Å². The van der Waals surface area contributed by atoms with Gasteiger partial charge in [-0.3, -0.25) is 0 Å². The fourth-order valence-corrected chi connectivity index (χ4v) is 5.33. The van der Waals surface area contributed by atoms with E-state index in [9.17, 15) is 0 Å². The first-order chi connectivity index (χ1) is 12.4. The first-order valence-corrected chi connectivity index (χ1v) is 10.5. The van der Waals surface area contributed by atoms with Crippen LogP contribution in [0.25, 0.3) is 11.1 Å². The van der Waals surface area contributed by atoms with Crippen molar-refractivity contribution in [2.45, 2.75) is 11.2 Å². The maximum absolute atomic E-state index is 4.53. The third kappa shape index (κ3) is 3.66. The van der Waals surface area contributed by atoms with Gasteiger partial charge < -0.3 is 0 Å². The minimum absolute atomic E-state index is 0.350. The quantitative estimate of drug-likeness (QED) is 0.449. The van der Waals surface area contributed by atoms with Gasteiger partial charge >= 0.3 is 155 Å². The Hall–Kier alpha value is -2.41. The van der Waals surface area contributed by atoms with Crippen molar-refractivity contribution in [3.05, 3.63) is 108 Å². The van der Waals surface area contributed by atoms with E-state index in [0.29, 0.717) is 20.9 Å². The van der Waals surface area contributed by atoms with E-state index in [1.54, 1.807) is 0 Å². The molecule has 25 heavy (non-hydrogen) atoms. The molecule has 0 radical (unpaired) electrons. The Morgan fingerprint density at radius 2 is 1.48 bits per heavy atom. The van der Waals surface area contributed by atoms with E-state index in [1.807, 2.05) is 12.3 Å². The second-order valence-electron chi connectivity index (χ2n) is 6.01. The fourth-order valence-electron chi connectivity index (χ4n) is 3.19. The molecule has 1 aromatic carbocycles. The van der Waals surface area contributed by atoms with Gasteiger partial charge in [-0.2, -0.15) is 0 Å². The molecule has 2 aliphatic rings.